The fourth-order valence-corrected chi connectivity index (χ4v) is 2.57. The third-order valence-corrected chi connectivity index (χ3v) is 3.70. The third kappa shape index (κ3) is 4.19. The van der Waals surface area contributed by atoms with Crippen molar-refractivity contribution in [2.45, 2.75) is 19.5 Å². The first-order chi connectivity index (χ1) is 10.1. The molecule has 0 aromatic heterocycles. The molecule has 1 unspecified atom stereocenters. The van der Waals surface area contributed by atoms with E-state index >= 15 is 0 Å². The van der Waals surface area contributed by atoms with Gasteiger partial charge in [0, 0.05) is 40.3 Å². The quantitative estimate of drug-likeness (QED) is 0.877. The number of amides is 1. The second-order valence-electron chi connectivity index (χ2n) is 5.50. The zero-order chi connectivity index (χ0) is 15.2. The minimum Gasteiger partial charge on any atom is -0.494 e. The molecule has 0 spiro atoms. The smallest absolute Gasteiger partial charge is 0.240 e. The van der Waals surface area contributed by atoms with Gasteiger partial charge in [-0.15, -0.1) is 0 Å². The first-order valence-electron chi connectivity index (χ1n) is 7.49. The number of carbonyl (C=O) groups excluding carboxylic acids is 1. The minimum absolute atomic E-state index is 0.0830. The van der Waals surface area contributed by atoms with Crippen molar-refractivity contribution in [3.8, 4) is 5.75 Å². The van der Waals surface area contributed by atoms with Crippen LogP contribution in [-0.2, 0) is 11.3 Å². The monoisotopic (exact) mass is 291 g/mol. The van der Waals surface area contributed by atoms with E-state index < -0.39 is 0 Å². The highest BCUT2D eigenvalue weighted by atomic mass is 16.5. The lowest BCUT2D eigenvalue weighted by Crippen LogP contribution is -2.57. The lowest BCUT2D eigenvalue weighted by atomic mass is 10.1. The zero-order valence-corrected chi connectivity index (χ0v) is 13.1. The van der Waals surface area contributed by atoms with Gasteiger partial charge in [0.25, 0.3) is 0 Å². The first kappa shape index (κ1) is 15.8. The molecular weight excluding hydrogens is 266 g/mol. The Morgan fingerprint density at radius 3 is 2.71 bits per heavy atom. The largest absolute Gasteiger partial charge is 0.494 e. The van der Waals surface area contributed by atoms with Gasteiger partial charge in [-0.3, -0.25) is 9.69 Å². The summed E-state index contributed by atoms with van der Waals surface area (Å²) in [4.78, 5) is 16.2. The topological polar surface area (TPSA) is 44.8 Å². The standard InChI is InChI=1S/C16H25N3O2/c1-4-21-14-7-5-13(6-8-14)12-19-10-9-17-11-15(19)16(20)18(2)3/h5-8,15,17H,4,9-12H2,1-3H3. The molecule has 5 nitrogen and oxygen atoms in total. The summed E-state index contributed by atoms with van der Waals surface area (Å²) in [6, 6.07) is 8.04. The van der Waals surface area contributed by atoms with Crippen molar-refractivity contribution in [2.24, 2.45) is 0 Å². The Bertz CT molecular complexity index is 459. The molecule has 1 aliphatic heterocycles. The second-order valence-corrected chi connectivity index (χ2v) is 5.50. The van der Waals surface area contributed by atoms with E-state index in [1.54, 1.807) is 4.90 Å². The molecule has 1 fully saturated rings. The van der Waals surface area contributed by atoms with Crippen LogP contribution in [0.1, 0.15) is 12.5 Å². The van der Waals surface area contributed by atoms with Gasteiger partial charge in [0.2, 0.25) is 5.91 Å². The van der Waals surface area contributed by atoms with Crippen LogP contribution in [-0.4, -0.2) is 62.1 Å². The number of nitrogens with one attached hydrogen (secondary N) is 1. The fraction of sp³-hybridized carbons (Fsp3) is 0.562. The maximum Gasteiger partial charge on any atom is 0.240 e. The van der Waals surface area contributed by atoms with E-state index in [9.17, 15) is 4.79 Å². The Balaban J connectivity index is 2.03. The van der Waals surface area contributed by atoms with Gasteiger partial charge in [0.05, 0.1) is 6.61 Å². The molecular formula is C16H25N3O2. The van der Waals surface area contributed by atoms with E-state index in [0.717, 1.165) is 25.4 Å². The van der Waals surface area contributed by atoms with Crippen LogP contribution in [0.5, 0.6) is 5.75 Å². The summed E-state index contributed by atoms with van der Waals surface area (Å²) in [5, 5.41) is 3.30. The lowest BCUT2D eigenvalue weighted by Gasteiger charge is -2.36. The molecule has 1 aromatic carbocycles. The average molecular weight is 291 g/mol. The molecule has 1 aliphatic rings. The van der Waals surface area contributed by atoms with E-state index in [-0.39, 0.29) is 11.9 Å². The zero-order valence-electron chi connectivity index (χ0n) is 13.1. The van der Waals surface area contributed by atoms with Crippen molar-refractivity contribution in [1.29, 1.82) is 0 Å². The number of rotatable bonds is 5. The van der Waals surface area contributed by atoms with Crippen molar-refractivity contribution >= 4 is 5.91 Å². The summed E-state index contributed by atoms with van der Waals surface area (Å²) in [6.45, 7) is 5.97. The van der Waals surface area contributed by atoms with Crippen LogP contribution in [0.25, 0.3) is 0 Å². The summed E-state index contributed by atoms with van der Waals surface area (Å²) in [6.07, 6.45) is 0. The van der Waals surface area contributed by atoms with Crippen LogP contribution in [0.15, 0.2) is 24.3 Å². The summed E-state index contributed by atoms with van der Waals surface area (Å²) in [5.74, 6) is 1.05. The highest BCUT2D eigenvalue weighted by Crippen LogP contribution is 2.16. The van der Waals surface area contributed by atoms with Gasteiger partial charge < -0.3 is 15.0 Å². The first-order valence-corrected chi connectivity index (χ1v) is 7.49. The molecule has 1 saturated heterocycles. The normalized spacial score (nSPS) is 19.3. The number of hydrogen-bond donors (Lipinski definition) is 1. The van der Waals surface area contributed by atoms with Crippen molar-refractivity contribution in [1.82, 2.24) is 15.1 Å². The Labute approximate surface area is 126 Å². The van der Waals surface area contributed by atoms with Gasteiger partial charge in [0.15, 0.2) is 0 Å². The fourth-order valence-electron chi connectivity index (χ4n) is 2.57. The molecule has 1 amide bonds. The third-order valence-electron chi connectivity index (χ3n) is 3.70. The highest BCUT2D eigenvalue weighted by molar-refractivity contribution is 5.81. The molecule has 21 heavy (non-hydrogen) atoms. The molecule has 2 rings (SSSR count). The number of benzene rings is 1. The molecule has 5 heteroatoms. The van der Waals surface area contributed by atoms with E-state index in [0.29, 0.717) is 13.2 Å². The molecule has 1 atom stereocenters. The molecule has 1 heterocycles. The Kier molecular flexibility index (Phi) is 5.59. The van der Waals surface area contributed by atoms with Crippen LogP contribution in [0, 0.1) is 0 Å². The Morgan fingerprint density at radius 2 is 2.10 bits per heavy atom. The molecule has 0 radical (unpaired) electrons. The molecule has 0 aliphatic carbocycles. The predicted octanol–water partition coefficient (Wildman–Crippen LogP) is 0.947. The van der Waals surface area contributed by atoms with Crippen LogP contribution >= 0.6 is 0 Å². The van der Waals surface area contributed by atoms with Gasteiger partial charge in [-0.05, 0) is 24.6 Å². The van der Waals surface area contributed by atoms with Gasteiger partial charge >= 0.3 is 0 Å². The number of piperazine rings is 1. The van der Waals surface area contributed by atoms with Crippen LogP contribution in [0.4, 0.5) is 0 Å². The van der Waals surface area contributed by atoms with Crippen molar-refractivity contribution in [2.75, 3.05) is 40.3 Å². The van der Waals surface area contributed by atoms with Crippen molar-refractivity contribution in [3.63, 3.8) is 0 Å². The number of nitrogens with zero attached hydrogens (tertiary/aromatic N) is 2. The van der Waals surface area contributed by atoms with Gasteiger partial charge in [-0.1, -0.05) is 12.1 Å². The summed E-state index contributed by atoms with van der Waals surface area (Å²) in [7, 11) is 3.62. The van der Waals surface area contributed by atoms with Crippen LogP contribution < -0.4 is 10.1 Å². The van der Waals surface area contributed by atoms with E-state index in [1.807, 2.05) is 33.2 Å². The Morgan fingerprint density at radius 1 is 1.38 bits per heavy atom. The van der Waals surface area contributed by atoms with Gasteiger partial charge in [-0.2, -0.15) is 0 Å². The summed E-state index contributed by atoms with van der Waals surface area (Å²) in [5.41, 5.74) is 1.21. The maximum absolute atomic E-state index is 12.3. The number of ether oxygens (including phenoxy) is 1. The lowest BCUT2D eigenvalue weighted by molar-refractivity contribution is -0.135. The average Bonchev–Trinajstić information content (AvgIpc) is 2.49. The van der Waals surface area contributed by atoms with Crippen LogP contribution in [0.2, 0.25) is 0 Å². The number of likely N-dealkylation sites (N-methyl/N-ethyl adjacent to an activating group) is 1. The highest BCUT2D eigenvalue weighted by Gasteiger charge is 2.29. The van der Waals surface area contributed by atoms with Crippen LogP contribution in [0.3, 0.4) is 0 Å². The Hall–Kier alpha value is -1.59. The molecule has 1 aromatic rings. The van der Waals surface area contributed by atoms with Crippen molar-refractivity contribution in [3.05, 3.63) is 29.8 Å². The van der Waals surface area contributed by atoms with Crippen molar-refractivity contribution < 1.29 is 9.53 Å². The van der Waals surface area contributed by atoms with E-state index in [2.05, 4.69) is 22.3 Å². The van der Waals surface area contributed by atoms with E-state index in [1.165, 1.54) is 5.56 Å². The molecule has 1 N–H and O–H groups in total. The molecule has 116 valence electrons. The predicted molar refractivity (Wildman–Crippen MR) is 83.4 cm³/mol. The SMILES string of the molecule is CCOc1ccc(CN2CCNCC2C(=O)N(C)C)cc1. The maximum atomic E-state index is 12.3. The summed E-state index contributed by atoms with van der Waals surface area (Å²) >= 11 is 0. The number of hydrogen-bond acceptors (Lipinski definition) is 4. The summed E-state index contributed by atoms with van der Waals surface area (Å²) < 4.78 is 5.46. The minimum atomic E-state index is -0.0830. The van der Waals surface area contributed by atoms with Gasteiger partial charge in [0.1, 0.15) is 11.8 Å². The molecule has 0 bridgehead atoms. The second kappa shape index (κ2) is 7.43. The molecule has 0 saturated carbocycles. The van der Waals surface area contributed by atoms with Gasteiger partial charge in [-0.25, -0.2) is 0 Å². The van der Waals surface area contributed by atoms with E-state index in [4.69, 9.17) is 4.74 Å². The number of carbonyl (C=O) groups is 1.